The predicted octanol–water partition coefficient (Wildman–Crippen LogP) is 3.08. The van der Waals surface area contributed by atoms with Gasteiger partial charge >= 0.3 is 12.0 Å². The van der Waals surface area contributed by atoms with Gasteiger partial charge in [-0.15, -0.1) is 0 Å². The molecule has 1 aromatic rings. The molecular weight excluding hydrogens is 263 g/mol. The van der Waals surface area contributed by atoms with Crippen molar-refractivity contribution in [1.29, 1.82) is 0 Å². The van der Waals surface area contributed by atoms with E-state index in [9.17, 15) is 14.0 Å². The molecule has 3 N–H and O–H groups in total. The van der Waals surface area contributed by atoms with Crippen LogP contribution >= 0.6 is 0 Å². The summed E-state index contributed by atoms with van der Waals surface area (Å²) in [4.78, 5) is 22.2. The largest absolute Gasteiger partial charge is 0.478 e. The zero-order valence-corrected chi connectivity index (χ0v) is 11.6. The fourth-order valence-corrected chi connectivity index (χ4v) is 1.63. The van der Waals surface area contributed by atoms with E-state index < -0.39 is 17.8 Å². The number of urea groups is 1. The number of carboxylic acids is 1. The van der Waals surface area contributed by atoms with E-state index in [0.717, 1.165) is 18.9 Å². The molecule has 0 aromatic heterocycles. The molecule has 5 nitrogen and oxygen atoms in total. The minimum Gasteiger partial charge on any atom is -0.478 e. The molecule has 0 saturated heterocycles. The van der Waals surface area contributed by atoms with Crippen LogP contribution < -0.4 is 10.6 Å². The van der Waals surface area contributed by atoms with Gasteiger partial charge in [-0.1, -0.05) is 13.8 Å². The molecule has 0 aliphatic carbocycles. The molecule has 110 valence electrons. The predicted molar refractivity (Wildman–Crippen MR) is 74.5 cm³/mol. The molecule has 0 radical (unpaired) electrons. The Morgan fingerprint density at radius 1 is 1.35 bits per heavy atom. The van der Waals surface area contributed by atoms with Crippen LogP contribution in [0.25, 0.3) is 0 Å². The molecule has 0 saturated carbocycles. The summed E-state index contributed by atoms with van der Waals surface area (Å²) in [6, 6.07) is 2.83. The maximum Gasteiger partial charge on any atom is 0.335 e. The first-order valence-electron chi connectivity index (χ1n) is 6.48. The smallest absolute Gasteiger partial charge is 0.335 e. The van der Waals surface area contributed by atoms with E-state index in [4.69, 9.17) is 5.11 Å². The van der Waals surface area contributed by atoms with Crippen molar-refractivity contribution in [3.63, 3.8) is 0 Å². The topological polar surface area (TPSA) is 78.4 Å². The number of hydrogen-bond donors (Lipinski definition) is 3. The van der Waals surface area contributed by atoms with Gasteiger partial charge in [0.15, 0.2) is 0 Å². The highest BCUT2D eigenvalue weighted by Crippen LogP contribution is 2.15. The number of benzene rings is 1. The fraction of sp³-hybridized carbons (Fsp3) is 0.429. The zero-order chi connectivity index (χ0) is 15.1. The second kappa shape index (κ2) is 7.47. The third-order valence-corrected chi connectivity index (χ3v) is 2.71. The van der Waals surface area contributed by atoms with Gasteiger partial charge in [0.05, 0.1) is 11.3 Å². The molecular formula is C14H19FN2O3. The van der Waals surface area contributed by atoms with Crippen molar-refractivity contribution >= 4 is 17.7 Å². The van der Waals surface area contributed by atoms with Crippen LogP contribution in [0.1, 0.15) is 37.0 Å². The van der Waals surface area contributed by atoms with Crippen LogP contribution in [0.4, 0.5) is 14.9 Å². The van der Waals surface area contributed by atoms with Crippen LogP contribution in [0.2, 0.25) is 0 Å². The van der Waals surface area contributed by atoms with Gasteiger partial charge in [-0.05, 0) is 37.0 Å². The molecule has 0 aliphatic rings. The number of hydrogen-bond acceptors (Lipinski definition) is 2. The van der Waals surface area contributed by atoms with Crippen LogP contribution in [0, 0.1) is 11.7 Å². The normalized spacial score (nSPS) is 10.4. The summed E-state index contributed by atoms with van der Waals surface area (Å²) in [5.74, 6) is -1.42. The van der Waals surface area contributed by atoms with Crippen LogP contribution in [-0.4, -0.2) is 23.7 Å². The van der Waals surface area contributed by atoms with Crippen LogP contribution in [0.3, 0.4) is 0 Å². The van der Waals surface area contributed by atoms with Crippen LogP contribution in [-0.2, 0) is 0 Å². The molecule has 0 heterocycles. The molecule has 0 atom stereocenters. The molecule has 20 heavy (non-hydrogen) atoms. The molecule has 0 aliphatic heterocycles. The van der Waals surface area contributed by atoms with E-state index in [1.807, 2.05) is 0 Å². The minimum atomic E-state index is -1.21. The highest BCUT2D eigenvalue weighted by molar-refractivity contribution is 5.91. The second-order valence-electron chi connectivity index (χ2n) is 4.92. The molecule has 1 rings (SSSR count). The van der Waals surface area contributed by atoms with Gasteiger partial charge in [0.2, 0.25) is 0 Å². The second-order valence-corrected chi connectivity index (χ2v) is 4.92. The maximum absolute atomic E-state index is 13.6. The number of halogens is 1. The molecule has 0 spiro atoms. The summed E-state index contributed by atoms with van der Waals surface area (Å²) < 4.78 is 13.6. The summed E-state index contributed by atoms with van der Waals surface area (Å²) >= 11 is 0. The van der Waals surface area contributed by atoms with E-state index in [-0.39, 0.29) is 11.3 Å². The number of aromatic carboxylic acids is 1. The van der Waals surface area contributed by atoms with E-state index in [1.54, 1.807) is 0 Å². The first-order chi connectivity index (χ1) is 9.40. The number of carbonyl (C=O) groups is 2. The summed E-state index contributed by atoms with van der Waals surface area (Å²) in [6.07, 6.45) is 1.85. The number of carboxylic acid groups (broad SMARTS) is 1. The third-order valence-electron chi connectivity index (χ3n) is 2.71. The Hall–Kier alpha value is -2.11. The van der Waals surface area contributed by atoms with Crippen molar-refractivity contribution in [3.05, 3.63) is 29.6 Å². The summed E-state index contributed by atoms with van der Waals surface area (Å²) in [7, 11) is 0. The van der Waals surface area contributed by atoms with Crippen molar-refractivity contribution in [1.82, 2.24) is 5.32 Å². The third kappa shape index (κ3) is 5.26. The Balaban J connectivity index is 2.48. The molecule has 0 fully saturated rings. The van der Waals surface area contributed by atoms with Gasteiger partial charge in [-0.3, -0.25) is 0 Å². The molecule has 2 amide bonds. The average molecular weight is 282 g/mol. The van der Waals surface area contributed by atoms with Crippen LogP contribution in [0.5, 0.6) is 0 Å². The Kier molecular flexibility index (Phi) is 5.96. The number of anilines is 1. The lowest BCUT2D eigenvalue weighted by Crippen LogP contribution is -2.30. The zero-order valence-electron chi connectivity index (χ0n) is 11.6. The van der Waals surface area contributed by atoms with Crippen molar-refractivity contribution in [3.8, 4) is 0 Å². The van der Waals surface area contributed by atoms with Gasteiger partial charge in [-0.25, -0.2) is 14.0 Å². The van der Waals surface area contributed by atoms with E-state index >= 15 is 0 Å². The van der Waals surface area contributed by atoms with Crippen LogP contribution in [0.15, 0.2) is 18.2 Å². The Labute approximate surface area is 117 Å². The highest BCUT2D eigenvalue weighted by atomic mass is 19.1. The Bertz CT molecular complexity index is 489. The van der Waals surface area contributed by atoms with Crippen molar-refractivity contribution in [2.24, 2.45) is 5.92 Å². The van der Waals surface area contributed by atoms with Gasteiger partial charge in [0.25, 0.3) is 0 Å². The number of carbonyl (C=O) groups excluding carboxylic acids is 1. The van der Waals surface area contributed by atoms with E-state index in [0.29, 0.717) is 12.5 Å². The highest BCUT2D eigenvalue weighted by Gasteiger charge is 2.10. The minimum absolute atomic E-state index is 0.0450. The van der Waals surface area contributed by atoms with Gasteiger partial charge < -0.3 is 15.7 Å². The summed E-state index contributed by atoms with van der Waals surface area (Å²) in [5, 5.41) is 13.7. The van der Waals surface area contributed by atoms with Gasteiger partial charge in [0, 0.05) is 6.54 Å². The lowest BCUT2D eigenvalue weighted by atomic mass is 10.1. The Morgan fingerprint density at radius 2 is 2.05 bits per heavy atom. The number of nitrogens with one attached hydrogen (secondary N) is 2. The molecule has 6 heteroatoms. The van der Waals surface area contributed by atoms with Gasteiger partial charge in [-0.2, -0.15) is 0 Å². The monoisotopic (exact) mass is 282 g/mol. The van der Waals surface area contributed by atoms with Crippen molar-refractivity contribution in [2.75, 3.05) is 11.9 Å². The van der Waals surface area contributed by atoms with E-state index in [2.05, 4.69) is 24.5 Å². The lowest BCUT2D eigenvalue weighted by Gasteiger charge is -2.09. The Morgan fingerprint density at radius 3 is 2.60 bits per heavy atom. The number of amides is 2. The summed E-state index contributed by atoms with van der Waals surface area (Å²) in [5.41, 5.74) is -0.207. The van der Waals surface area contributed by atoms with Crippen molar-refractivity contribution < 1.29 is 19.1 Å². The molecule has 0 bridgehead atoms. The van der Waals surface area contributed by atoms with Crippen molar-refractivity contribution in [2.45, 2.75) is 26.7 Å². The molecule has 0 unspecified atom stereocenters. The standard InChI is InChI=1S/C14H19FN2O3/c1-9(2)4-3-7-16-14(20)17-12-6-5-10(13(18)19)8-11(12)15/h5-6,8-9H,3-4,7H2,1-2H3,(H,18,19)(H2,16,17,20). The lowest BCUT2D eigenvalue weighted by molar-refractivity contribution is 0.0696. The maximum atomic E-state index is 13.6. The molecule has 1 aromatic carbocycles. The van der Waals surface area contributed by atoms with E-state index in [1.165, 1.54) is 12.1 Å². The SMILES string of the molecule is CC(C)CCCNC(=O)Nc1ccc(C(=O)O)cc1F. The quantitative estimate of drug-likeness (QED) is 0.701. The average Bonchev–Trinajstić information content (AvgIpc) is 2.36. The fourth-order valence-electron chi connectivity index (χ4n) is 1.63. The first-order valence-corrected chi connectivity index (χ1v) is 6.48. The van der Waals surface area contributed by atoms with Gasteiger partial charge in [0.1, 0.15) is 5.82 Å². The summed E-state index contributed by atoms with van der Waals surface area (Å²) in [6.45, 7) is 4.71. The number of rotatable bonds is 6. The first kappa shape index (κ1) is 15.9.